The SMILES string of the molecule is Nc1nc2cc(O)ccc2cc1Cl. The molecule has 66 valence electrons. The number of rotatable bonds is 0. The number of hydrogen-bond donors (Lipinski definition) is 2. The molecule has 1 heterocycles. The van der Waals surface area contributed by atoms with Crippen molar-refractivity contribution in [2.24, 2.45) is 0 Å². The van der Waals surface area contributed by atoms with Gasteiger partial charge in [-0.05, 0) is 18.2 Å². The fourth-order valence-electron chi connectivity index (χ4n) is 1.14. The first-order valence-corrected chi connectivity index (χ1v) is 4.09. The molecular weight excluding hydrogens is 188 g/mol. The first-order chi connectivity index (χ1) is 6.16. The molecule has 0 fully saturated rings. The third kappa shape index (κ3) is 1.38. The van der Waals surface area contributed by atoms with Crippen LogP contribution in [-0.2, 0) is 0 Å². The molecule has 1 aromatic heterocycles. The second-order valence-electron chi connectivity index (χ2n) is 2.73. The minimum Gasteiger partial charge on any atom is -0.508 e. The Morgan fingerprint density at radius 1 is 1.31 bits per heavy atom. The van der Waals surface area contributed by atoms with Crippen molar-refractivity contribution in [2.45, 2.75) is 0 Å². The molecule has 0 amide bonds. The summed E-state index contributed by atoms with van der Waals surface area (Å²) >= 11 is 5.78. The van der Waals surface area contributed by atoms with Gasteiger partial charge in [-0.2, -0.15) is 0 Å². The predicted molar refractivity (Wildman–Crippen MR) is 52.8 cm³/mol. The van der Waals surface area contributed by atoms with Gasteiger partial charge in [0.2, 0.25) is 0 Å². The van der Waals surface area contributed by atoms with E-state index < -0.39 is 0 Å². The van der Waals surface area contributed by atoms with Gasteiger partial charge >= 0.3 is 0 Å². The summed E-state index contributed by atoms with van der Waals surface area (Å²) in [6.45, 7) is 0. The molecule has 0 bridgehead atoms. The van der Waals surface area contributed by atoms with Crippen LogP contribution in [0.5, 0.6) is 5.75 Å². The fourth-order valence-corrected chi connectivity index (χ4v) is 1.30. The zero-order chi connectivity index (χ0) is 9.42. The molecule has 0 atom stereocenters. The van der Waals surface area contributed by atoms with Gasteiger partial charge in [-0.3, -0.25) is 0 Å². The summed E-state index contributed by atoms with van der Waals surface area (Å²) in [5.41, 5.74) is 6.15. The molecular formula is C9H7ClN2O. The molecule has 0 radical (unpaired) electrons. The van der Waals surface area contributed by atoms with E-state index in [1.165, 1.54) is 0 Å². The lowest BCUT2D eigenvalue weighted by Crippen LogP contribution is -1.91. The Bertz CT molecular complexity index is 470. The van der Waals surface area contributed by atoms with Crippen molar-refractivity contribution in [3.8, 4) is 5.75 Å². The number of pyridine rings is 1. The van der Waals surface area contributed by atoms with E-state index in [4.69, 9.17) is 17.3 Å². The molecule has 0 aliphatic rings. The molecule has 0 aliphatic heterocycles. The van der Waals surface area contributed by atoms with Gasteiger partial charge in [0.25, 0.3) is 0 Å². The number of benzene rings is 1. The maximum absolute atomic E-state index is 9.18. The molecule has 0 aliphatic carbocycles. The molecule has 0 unspecified atom stereocenters. The van der Waals surface area contributed by atoms with Gasteiger partial charge in [-0.15, -0.1) is 0 Å². The lowest BCUT2D eigenvalue weighted by Gasteiger charge is -2.01. The number of nitrogen functional groups attached to an aromatic ring is 1. The monoisotopic (exact) mass is 194 g/mol. The van der Waals surface area contributed by atoms with Crippen molar-refractivity contribution in [1.82, 2.24) is 4.98 Å². The van der Waals surface area contributed by atoms with E-state index in [0.29, 0.717) is 10.5 Å². The van der Waals surface area contributed by atoms with Crippen molar-refractivity contribution < 1.29 is 5.11 Å². The highest BCUT2D eigenvalue weighted by Crippen LogP contribution is 2.24. The molecule has 1 aromatic carbocycles. The van der Waals surface area contributed by atoms with Crippen LogP contribution in [0.15, 0.2) is 24.3 Å². The smallest absolute Gasteiger partial charge is 0.142 e. The molecule has 4 heteroatoms. The van der Waals surface area contributed by atoms with Crippen molar-refractivity contribution in [1.29, 1.82) is 0 Å². The minimum atomic E-state index is 0.168. The number of aromatic hydroxyl groups is 1. The lowest BCUT2D eigenvalue weighted by molar-refractivity contribution is 0.476. The second-order valence-corrected chi connectivity index (χ2v) is 3.14. The molecule has 3 N–H and O–H groups in total. The third-order valence-corrected chi connectivity index (χ3v) is 2.08. The maximum Gasteiger partial charge on any atom is 0.142 e. The number of halogens is 1. The van der Waals surface area contributed by atoms with E-state index in [2.05, 4.69) is 4.98 Å². The van der Waals surface area contributed by atoms with Gasteiger partial charge in [-0.1, -0.05) is 11.6 Å². The Hall–Kier alpha value is -1.48. The molecule has 13 heavy (non-hydrogen) atoms. The number of aromatic nitrogens is 1. The normalized spacial score (nSPS) is 10.5. The van der Waals surface area contributed by atoms with Gasteiger partial charge in [0.1, 0.15) is 11.6 Å². The molecule has 0 spiro atoms. The van der Waals surface area contributed by atoms with E-state index in [0.717, 1.165) is 5.39 Å². The molecule has 2 aromatic rings. The number of phenols is 1. The molecule has 3 nitrogen and oxygen atoms in total. The molecule has 0 saturated carbocycles. The summed E-state index contributed by atoms with van der Waals surface area (Å²) in [5.74, 6) is 0.446. The van der Waals surface area contributed by atoms with E-state index in [1.54, 1.807) is 24.3 Å². The Labute approximate surface area is 79.8 Å². The van der Waals surface area contributed by atoms with Crippen molar-refractivity contribution in [2.75, 3.05) is 5.73 Å². The van der Waals surface area contributed by atoms with E-state index in [9.17, 15) is 5.11 Å². The van der Waals surface area contributed by atoms with Crippen LogP contribution in [0.2, 0.25) is 5.02 Å². The number of hydrogen-bond acceptors (Lipinski definition) is 3. The number of nitrogens with zero attached hydrogens (tertiary/aromatic N) is 1. The van der Waals surface area contributed by atoms with Crippen LogP contribution in [0.4, 0.5) is 5.82 Å². The van der Waals surface area contributed by atoms with Crippen molar-refractivity contribution >= 4 is 28.3 Å². The van der Waals surface area contributed by atoms with Crippen molar-refractivity contribution in [3.63, 3.8) is 0 Å². The van der Waals surface area contributed by atoms with Gasteiger partial charge in [0.05, 0.1) is 10.5 Å². The first-order valence-electron chi connectivity index (χ1n) is 3.71. The van der Waals surface area contributed by atoms with Crippen LogP contribution in [0.3, 0.4) is 0 Å². The maximum atomic E-state index is 9.18. The third-order valence-electron chi connectivity index (χ3n) is 1.78. The largest absolute Gasteiger partial charge is 0.508 e. The number of fused-ring (bicyclic) bond motifs is 1. The summed E-state index contributed by atoms with van der Waals surface area (Å²) in [6.07, 6.45) is 0. The Morgan fingerprint density at radius 2 is 2.08 bits per heavy atom. The number of nitrogens with two attached hydrogens (primary N) is 1. The zero-order valence-electron chi connectivity index (χ0n) is 6.66. The Kier molecular flexibility index (Phi) is 1.74. The highest BCUT2D eigenvalue weighted by atomic mass is 35.5. The lowest BCUT2D eigenvalue weighted by atomic mass is 10.2. The Morgan fingerprint density at radius 3 is 2.85 bits per heavy atom. The standard InChI is InChI=1S/C9H7ClN2O/c10-7-3-5-1-2-6(13)4-8(5)12-9(7)11/h1-4,13H,(H2,11,12). The second kappa shape index (κ2) is 2.78. The number of anilines is 1. The van der Waals surface area contributed by atoms with Crippen LogP contribution < -0.4 is 5.73 Å². The topological polar surface area (TPSA) is 59.1 Å². The van der Waals surface area contributed by atoms with Crippen LogP contribution in [-0.4, -0.2) is 10.1 Å². The quantitative estimate of drug-likeness (QED) is 0.676. The summed E-state index contributed by atoms with van der Waals surface area (Å²) in [7, 11) is 0. The van der Waals surface area contributed by atoms with Crippen molar-refractivity contribution in [3.05, 3.63) is 29.3 Å². The average molecular weight is 195 g/mol. The predicted octanol–water partition coefficient (Wildman–Crippen LogP) is 2.18. The first kappa shape index (κ1) is 8.13. The average Bonchev–Trinajstić information content (AvgIpc) is 2.08. The van der Waals surface area contributed by atoms with Crippen LogP contribution in [0.25, 0.3) is 10.9 Å². The van der Waals surface area contributed by atoms with Crippen LogP contribution in [0, 0.1) is 0 Å². The van der Waals surface area contributed by atoms with Gasteiger partial charge in [0.15, 0.2) is 0 Å². The van der Waals surface area contributed by atoms with E-state index in [1.807, 2.05) is 0 Å². The highest BCUT2D eigenvalue weighted by Gasteiger charge is 2.01. The molecule has 2 rings (SSSR count). The number of phenolic OH excluding ortho intramolecular Hbond substituents is 1. The summed E-state index contributed by atoms with van der Waals surface area (Å²) in [6, 6.07) is 6.58. The van der Waals surface area contributed by atoms with Crippen LogP contribution in [0.1, 0.15) is 0 Å². The van der Waals surface area contributed by atoms with Crippen LogP contribution >= 0.6 is 11.6 Å². The molecule has 0 saturated heterocycles. The summed E-state index contributed by atoms with van der Waals surface area (Å²) in [4.78, 5) is 4.02. The minimum absolute atomic E-state index is 0.168. The zero-order valence-corrected chi connectivity index (χ0v) is 7.42. The summed E-state index contributed by atoms with van der Waals surface area (Å²) in [5, 5.41) is 10.5. The Balaban J connectivity index is 2.81. The van der Waals surface area contributed by atoms with Gasteiger partial charge < -0.3 is 10.8 Å². The van der Waals surface area contributed by atoms with Gasteiger partial charge in [-0.25, -0.2) is 4.98 Å². The fraction of sp³-hybridized carbons (Fsp3) is 0. The highest BCUT2D eigenvalue weighted by molar-refractivity contribution is 6.33. The van der Waals surface area contributed by atoms with E-state index >= 15 is 0 Å². The summed E-state index contributed by atoms with van der Waals surface area (Å²) < 4.78 is 0. The van der Waals surface area contributed by atoms with Gasteiger partial charge in [0, 0.05) is 11.5 Å². The van der Waals surface area contributed by atoms with E-state index in [-0.39, 0.29) is 11.6 Å².